The van der Waals surface area contributed by atoms with E-state index in [1.807, 2.05) is 10.7 Å². The number of amides is 2. The van der Waals surface area contributed by atoms with Crippen LogP contribution in [0.25, 0.3) is 11.3 Å². The van der Waals surface area contributed by atoms with Crippen LogP contribution in [-0.2, 0) is 28.9 Å². The molecule has 2 aromatic rings. The Morgan fingerprint density at radius 3 is 2.93 bits per heavy atom. The van der Waals surface area contributed by atoms with Crippen LogP contribution in [0.5, 0.6) is 0 Å². The molecule has 2 heterocycles. The van der Waals surface area contributed by atoms with Crippen molar-refractivity contribution in [1.29, 1.82) is 0 Å². The van der Waals surface area contributed by atoms with Crippen molar-refractivity contribution < 1.29 is 14.3 Å². The number of fused-ring (bicyclic) bond motifs is 3. The zero-order chi connectivity index (χ0) is 19.0. The highest BCUT2D eigenvalue weighted by Gasteiger charge is 2.33. The number of carbonyl (C=O) groups is 2. The molecule has 27 heavy (non-hydrogen) atoms. The number of aryl methyl sites for hydroxylation is 3. The maximum atomic E-state index is 12.3. The van der Waals surface area contributed by atoms with Crippen LogP contribution in [0, 0.1) is 0 Å². The van der Waals surface area contributed by atoms with E-state index in [4.69, 9.17) is 9.84 Å². The topological polar surface area (TPSA) is 76.5 Å². The lowest BCUT2D eigenvalue weighted by Crippen LogP contribution is -2.33. The lowest BCUT2D eigenvalue weighted by atomic mass is 10.0. The number of hydrogen-bond donors (Lipinski definition) is 1. The zero-order valence-electron chi connectivity index (χ0n) is 15.7. The molecule has 0 spiro atoms. The number of nitrogens with one attached hydrogen (secondary N) is 1. The van der Waals surface area contributed by atoms with Gasteiger partial charge < -0.3 is 10.1 Å². The van der Waals surface area contributed by atoms with Crippen LogP contribution in [0.15, 0.2) is 24.4 Å². The number of anilines is 1. The van der Waals surface area contributed by atoms with Gasteiger partial charge in [0.15, 0.2) is 0 Å². The number of benzene rings is 1. The van der Waals surface area contributed by atoms with Gasteiger partial charge in [0.05, 0.1) is 18.8 Å². The van der Waals surface area contributed by atoms with Crippen LogP contribution in [0.2, 0.25) is 0 Å². The van der Waals surface area contributed by atoms with Gasteiger partial charge in [-0.2, -0.15) is 5.10 Å². The van der Waals surface area contributed by atoms with Crippen molar-refractivity contribution >= 4 is 17.7 Å². The summed E-state index contributed by atoms with van der Waals surface area (Å²) in [5.41, 5.74) is 5.55. The van der Waals surface area contributed by atoms with Gasteiger partial charge in [0.2, 0.25) is 5.91 Å². The first-order chi connectivity index (χ1) is 13.0. The van der Waals surface area contributed by atoms with Crippen molar-refractivity contribution in [1.82, 2.24) is 15.1 Å². The molecule has 2 aliphatic rings. The van der Waals surface area contributed by atoms with Crippen molar-refractivity contribution in [3.63, 3.8) is 0 Å². The molecule has 1 N–H and O–H groups in total. The standard InChI is InChI=1S/C20H24N4O3/c1-3-23-11-15-6-4-5-14-9-16(7-8-18(14)19(15)22-23)24-12-17(27-20(24)26)10-21-13(2)25/h7-9,11,17H,3-6,10,12H2,1-2H3,(H,21,25). The maximum Gasteiger partial charge on any atom is 0.414 e. The first-order valence-electron chi connectivity index (χ1n) is 9.47. The van der Waals surface area contributed by atoms with Crippen LogP contribution in [0.4, 0.5) is 10.5 Å². The molecule has 0 bridgehead atoms. The van der Waals surface area contributed by atoms with E-state index in [1.54, 1.807) is 4.90 Å². The number of carbonyl (C=O) groups excluding carboxylic acids is 2. The fourth-order valence-corrected chi connectivity index (χ4v) is 3.79. The molecular weight excluding hydrogens is 344 g/mol. The van der Waals surface area contributed by atoms with E-state index in [2.05, 4.69) is 30.6 Å². The Labute approximate surface area is 158 Å². The van der Waals surface area contributed by atoms with E-state index in [1.165, 1.54) is 18.1 Å². The molecule has 0 radical (unpaired) electrons. The lowest BCUT2D eigenvalue weighted by Gasteiger charge is -2.16. The van der Waals surface area contributed by atoms with Crippen LogP contribution < -0.4 is 10.2 Å². The minimum Gasteiger partial charge on any atom is -0.442 e. The van der Waals surface area contributed by atoms with Gasteiger partial charge in [-0.15, -0.1) is 0 Å². The number of cyclic esters (lactones) is 1. The van der Waals surface area contributed by atoms with Crippen molar-refractivity contribution in [2.75, 3.05) is 18.0 Å². The van der Waals surface area contributed by atoms with Crippen LogP contribution in [-0.4, -0.2) is 41.0 Å². The summed E-state index contributed by atoms with van der Waals surface area (Å²) < 4.78 is 7.36. The third-order valence-electron chi connectivity index (χ3n) is 5.16. The quantitative estimate of drug-likeness (QED) is 0.900. The summed E-state index contributed by atoms with van der Waals surface area (Å²) in [6.45, 7) is 5.17. The SMILES string of the molecule is CCn1cc2c(n1)-c1ccc(N3CC(CNC(C)=O)OC3=O)cc1CCC2. The second kappa shape index (κ2) is 7.06. The maximum absolute atomic E-state index is 12.3. The molecule has 0 saturated carbocycles. The van der Waals surface area contributed by atoms with E-state index >= 15 is 0 Å². The van der Waals surface area contributed by atoms with Crippen LogP contribution in [0.3, 0.4) is 0 Å². The smallest absolute Gasteiger partial charge is 0.414 e. The first-order valence-corrected chi connectivity index (χ1v) is 9.47. The van der Waals surface area contributed by atoms with Gasteiger partial charge in [-0.1, -0.05) is 6.07 Å². The molecule has 142 valence electrons. The number of ether oxygens (including phenoxy) is 1. The number of aromatic nitrogens is 2. The predicted octanol–water partition coefficient (Wildman–Crippen LogP) is 2.52. The van der Waals surface area contributed by atoms with Crippen molar-refractivity contribution in [2.45, 2.75) is 45.8 Å². The summed E-state index contributed by atoms with van der Waals surface area (Å²) >= 11 is 0. The summed E-state index contributed by atoms with van der Waals surface area (Å²) in [6, 6.07) is 6.11. The Morgan fingerprint density at radius 1 is 1.33 bits per heavy atom. The fourth-order valence-electron chi connectivity index (χ4n) is 3.79. The summed E-state index contributed by atoms with van der Waals surface area (Å²) in [5.74, 6) is -0.128. The van der Waals surface area contributed by atoms with Crippen molar-refractivity contribution in [2.24, 2.45) is 0 Å². The van der Waals surface area contributed by atoms with Gasteiger partial charge in [-0.25, -0.2) is 4.79 Å². The van der Waals surface area contributed by atoms with E-state index < -0.39 is 0 Å². The average Bonchev–Trinajstić information content (AvgIpc) is 3.19. The predicted molar refractivity (Wildman–Crippen MR) is 102 cm³/mol. The van der Waals surface area contributed by atoms with E-state index in [-0.39, 0.29) is 18.1 Å². The molecule has 7 nitrogen and oxygen atoms in total. The third kappa shape index (κ3) is 3.41. The molecule has 1 fully saturated rings. The van der Waals surface area contributed by atoms with Crippen molar-refractivity contribution in [3.05, 3.63) is 35.5 Å². The van der Waals surface area contributed by atoms with Crippen LogP contribution >= 0.6 is 0 Å². The highest BCUT2D eigenvalue weighted by molar-refractivity contribution is 5.90. The monoisotopic (exact) mass is 368 g/mol. The number of hydrogen-bond acceptors (Lipinski definition) is 4. The Balaban J connectivity index is 1.59. The normalized spacial score (nSPS) is 18.5. The molecule has 7 heteroatoms. The van der Waals surface area contributed by atoms with Gasteiger partial charge in [0.25, 0.3) is 0 Å². The minimum absolute atomic E-state index is 0.128. The first kappa shape index (κ1) is 17.6. The zero-order valence-corrected chi connectivity index (χ0v) is 15.7. The molecule has 2 amide bonds. The highest BCUT2D eigenvalue weighted by Crippen LogP contribution is 2.34. The van der Waals surface area contributed by atoms with Crippen LogP contribution in [0.1, 0.15) is 31.4 Å². The highest BCUT2D eigenvalue weighted by atomic mass is 16.6. The molecule has 4 rings (SSSR count). The van der Waals surface area contributed by atoms with E-state index in [0.29, 0.717) is 13.1 Å². The Bertz CT molecular complexity index is 889. The average molecular weight is 368 g/mol. The second-order valence-electron chi connectivity index (χ2n) is 7.11. The fraction of sp³-hybridized carbons (Fsp3) is 0.450. The molecule has 1 aromatic carbocycles. The van der Waals surface area contributed by atoms with Gasteiger partial charge in [0, 0.05) is 30.9 Å². The van der Waals surface area contributed by atoms with Gasteiger partial charge >= 0.3 is 6.09 Å². The summed E-state index contributed by atoms with van der Waals surface area (Å²) in [6.07, 6.45) is 4.49. The number of rotatable bonds is 4. The molecule has 1 atom stereocenters. The Morgan fingerprint density at radius 2 is 2.15 bits per heavy atom. The molecule has 1 aromatic heterocycles. The third-order valence-corrected chi connectivity index (χ3v) is 5.16. The van der Waals surface area contributed by atoms with Gasteiger partial charge in [0.1, 0.15) is 6.10 Å². The van der Waals surface area contributed by atoms with E-state index in [9.17, 15) is 9.59 Å². The van der Waals surface area contributed by atoms with E-state index in [0.717, 1.165) is 42.8 Å². The minimum atomic E-state index is -0.366. The Kier molecular flexibility index (Phi) is 4.59. The summed E-state index contributed by atoms with van der Waals surface area (Å²) in [4.78, 5) is 25.0. The van der Waals surface area contributed by atoms with Gasteiger partial charge in [-0.05, 0) is 49.4 Å². The molecule has 1 unspecified atom stereocenters. The lowest BCUT2D eigenvalue weighted by molar-refractivity contribution is -0.119. The number of nitrogens with zero attached hydrogens (tertiary/aromatic N) is 3. The summed E-state index contributed by atoms with van der Waals surface area (Å²) in [5, 5.41) is 7.44. The molecular formula is C20H24N4O3. The summed E-state index contributed by atoms with van der Waals surface area (Å²) in [7, 11) is 0. The molecule has 1 aliphatic heterocycles. The van der Waals surface area contributed by atoms with Gasteiger partial charge in [-0.3, -0.25) is 14.4 Å². The largest absolute Gasteiger partial charge is 0.442 e. The molecule has 1 saturated heterocycles. The second-order valence-corrected chi connectivity index (χ2v) is 7.11. The van der Waals surface area contributed by atoms with Crippen molar-refractivity contribution in [3.8, 4) is 11.3 Å². The Hall–Kier alpha value is -2.83. The molecule has 1 aliphatic carbocycles.